The minimum atomic E-state index is -0.249. The number of hydrogen-bond donors (Lipinski definition) is 0. The number of nitrogens with zero attached hydrogens (tertiary/aromatic N) is 7. The van der Waals surface area contributed by atoms with E-state index in [0.717, 1.165) is 64.6 Å². The molecular weight excluding hydrogens is 602 g/mol. The van der Waals surface area contributed by atoms with Crippen molar-refractivity contribution >= 4 is 39.8 Å². The van der Waals surface area contributed by atoms with Crippen molar-refractivity contribution in [2.45, 2.75) is 44.3 Å². The summed E-state index contributed by atoms with van der Waals surface area (Å²) in [6.07, 6.45) is 5.77. The summed E-state index contributed by atoms with van der Waals surface area (Å²) in [7, 11) is 1.74. The van der Waals surface area contributed by atoms with Gasteiger partial charge in [-0.05, 0) is 42.9 Å². The molecule has 0 bridgehead atoms. The maximum Gasteiger partial charge on any atom is 0.318 e. The number of ether oxygens (including phenoxy) is 2. The van der Waals surface area contributed by atoms with Crippen molar-refractivity contribution in [3.8, 4) is 6.01 Å². The summed E-state index contributed by atoms with van der Waals surface area (Å²) >= 11 is 6.72. The van der Waals surface area contributed by atoms with E-state index >= 15 is 0 Å². The van der Waals surface area contributed by atoms with Gasteiger partial charge >= 0.3 is 6.01 Å². The van der Waals surface area contributed by atoms with Crippen LogP contribution < -0.4 is 14.5 Å². The van der Waals surface area contributed by atoms with Crippen molar-refractivity contribution in [3.63, 3.8) is 0 Å². The van der Waals surface area contributed by atoms with Crippen LogP contribution in [0.3, 0.4) is 0 Å². The van der Waals surface area contributed by atoms with Crippen LogP contribution in [0.4, 0.5) is 11.5 Å². The molecule has 10 nitrogen and oxygen atoms in total. The number of benzene rings is 2. The predicted molar refractivity (Wildman–Crippen MR) is 182 cm³/mol. The van der Waals surface area contributed by atoms with E-state index in [1.807, 2.05) is 12.1 Å². The van der Waals surface area contributed by atoms with Crippen LogP contribution in [0.1, 0.15) is 30.5 Å². The first-order chi connectivity index (χ1) is 22.5. The SMILES string of the molecule is [C-]#[N+]C[C@H]1CN(c2nc(OCCN(CCOC)C3CCC3)nc3c2CCN(c2cccc4cccc(Cl)c24)C3)CCN1C(=O)C=C. The van der Waals surface area contributed by atoms with E-state index in [-0.39, 0.29) is 18.5 Å². The lowest BCUT2D eigenvalue weighted by atomic mass is 9.91. The molecule has 11 heteroatoms. The number of aromatic nitrogens is 2. The molecular formula is C35H42ClN7O3. The van der Waals surface area contributed by atoms with Gasteiger partial charge in [-0.15, -0.1) is 0 Å². The largest absolute Gasteiger partial charge is 0.462 e. The number of rotatable bonds is 12. The Morgan fingerprint density at radius 1 is 1.13 bits per heavy atom. The van der Waals surface area contributed by atoms with Gasteiger partial charge in [0.15, 0.2) is 0 Å². The molecule has 6 rings (SSSR count). The highest BCUT2D eigenvalue weighted by atomic mass is 35.5. The Morgan fingerprint density at radius 3 is 2.67 bits per heavy atom. The van der Waals surface area contributed by atoms with E-state index in [9.17, 15) is 4.79 Å². The summed E-state index contributed by atoms with van der Waals surface area (Å²) in [5.74, 6) is 0.697. The van der Waals surface area contributed by atoms with Gasteiger partial charge in [0.2, 0.25) is 12.5 Å². The molecule has 0 radical (unpaired) electrons. The lowest BCUT2D eigenvalue weighted by Crippen LogP contribution is -2.56. The minimum absolute atomic E-state index is 0.143. The van der Waals surface area contributed by atoms with Crippen LogP contribution in [0.2, 0.25) is 5.02 Å². The van der Waals surface area contributed by atoms with Crippen LogP contribution in [0.25, 0.3) is 15.6 Å². The topological polar surface area (TPSA) is 78.6 Å². The number of piperazine rings is 1. The number of fused-ring (bicyclic) bond motifs is 2. The highest BCUT2D eigenvalue weighted by molar-refractivity contribution is 6.36. The molecule has 3 aliphatic rings. The van der Waals surface area contributed by atoms with Crippen LogP contribution >= 0.6 is 11.6 Å². The fraction of sp³-hybridized carbons (Fsp3) is 0.486. The van der Waals surface area contributed by atoms with Crippen molar-refractivity contribution < 1.29 is 14.3 Å². The molecule has 0 spiro atoms. The van der Waals surface area contributed by atoms with Gasteiger partial charge in [-0.2, -0.15) is 9.97 Å². The fourth-order valence-electron chi connectivity index (χ4n) is 6.87. The van der Waals surface area contributed by atoms with Crippen molar-refractivity contribution in [2.75, 3.05) is 75.9 Å². The van der Waals surface area contributed by atoms with Crippen molar-refractivity contribution in [3.05, 3.63) is 76.8 Å². The Balaban J connectivity index is 1.29. The number of anilines is 2. The van der Waals surface area contributed by atoms with Gasteiger partial charge in [0.1, 0.15) is 18.5 Å². The van der Waals surface area contributed by atoms with Crippen molar-refractivity contribution in [1.29, 1.82) is 0 Å². The molecule has 46 heavy (non-hydrogen) atoms. The smallest absolute Gasteiger partial charge is 0.318 e. The number of halogens is 1. The van der Waals surface area contributed by atoms with Crippen LogP contribution in [-0.4, -0.2) is 104 Å². The Hall–Kier alpha value is -3.91. The predicted octanol–water partition coefficient (Wildman–Crippen LogP) is 4.85. The summed E-state index contributed by atoms with van der Waals surface area (Å²) in [5.41, 5.74) is 3.10. The quantitative estimate of drug-likeness (QED) is 0.205. The van der Waals surface area contributed by atoms with E-state index in [0.29, 0.717) is 51.4 Å². The summed E-state index contributed by atoms with van der Waals surface area (Å²) in [6, 6.07) is 13.0. The summed E-state index contributed by atoms with van der Waals surface area (Å²) in [5, 5.41) is 2.87. The maximum atomic E-state index is 12.6. The average Bonchev–Trinajstić information content (AvgIpc) is 3.05. The van der Waals surface area contributed by atoms with Gasteiger partial charge in [-0.25, -0.2) is 6.57 Å². The van der Waals surface area contributed by atoms with Gasteiger partial charge in [0, 0.05) is 69.1 Å². The average molecular weight is 644 g/mol. The minimum Gasteiger partial charge on any atom is -0.462 e. The van der Waals surface area contributed by atoms with E-state index in [1.54, 1.807) is 12.0 Å². The molecule has 2 fully saturated rings. The van der Waals surface area contributed by atoms with E-state index in [4.69, 9.17) is 37.6 Å². The number of methoxy groups -OCH3 is 1. The second kappa shape index (κ2) is 14.7. The van der Waals surface area contributed by atoms with Gasteiger partial charge in [0.25, 0.3) is 0 Å². The Labute approximate surface area is 276 Å². The lowest BCUT2D eigenvalue weighted by molar-refractivity contribution is -0.128. The van der Waals surface area contributed by atoms with Gasteiger partial charge in [-0.3, -0.25) is 9.69 Å². The standard InChI is InChI=1S/C35H42ClN7O3/c1-4-32(44)43-17-16-42(23-27(43)22-37-2)34-28-14-15-41(31-13-6-9-25-8-5-12-29(36)33(25)31)24-30(28)38-35(39-34)46-21-19-40(18-20-45-3)26-10-7-11-26/h4-6,8-9,12-13,26-27H,1,7,10-11,14-24H2,3H3/t27-/m0/s1. The van der Waals surface area contributed by atoms with Gasteiger partial charge in [0.05, 0.1) is 23.9 Å². The molecule has 1 saturated heterocycles. The Bertz CT molecular complexity index is 1600. The zero-order valence-corrected chi connectivity index (χ0v) is 27.3. The lowest BCUT2D eigenvalue weighted by Gasteiger charge is -2.41. The normalized spacial score (nSPS) is 18.3. The number of carbonyl (C=O) groups excluding carboxylic acids is 1. The Morgan fingerprint density at radius 2 is 1.93 bits per heavy atom. The fourth-order valence-corrected chi connectivity index (χ4v) is 7.15. The first kappa shape index (κ1) is 32.0. The molecule has 1 aliphatic carbocycles. The van der Waals surface area contributed by atoms with E-state index in [2.05, 4.69) is 50.4 Å². The molecule has 0 unspecified atom stereocenters. The van der Waals surface area contributed by atoms with Crippen LogP contribution in [-0.2, 0) is 22.5 Å². The zero-order chi connectivity index (χ0) is 32.0. The van der Waals surface area contributed by atoms with E-state index < -0.39 is 0 Å². The molecule has 3 heterocycles. The number of amides is 1. The molecule has 1 amide bonds. The third kappa shape index (κ3) is 6.77. The molecule has 2 aliphatic heterocycles. The number of carbonyl (C=O) groups is 1. The van der Waals surface area contributed by atoms with Gasteiger partial charge in [-0.1, -0.05) is 48.9 Å². The van der Waals surface area contributed by atoms with E-state index in [1.165, 1.54) is 25.3 Å². The molecule has 1 saturated carbocycles. The summed E-state index contributed by atoms with van der Waals surface area (Å²) in [6.45, 7) is 17.2. The third-order valence-electron chi connectivity index (χ3n) is 9.52. The monoisotopic (exact) mass is 643 g/mol. The molecule has 2 aromatic carbocycles. The first-order valence-electron chi connectivity index (χ1n) is 16.2. The Kier molecular flexibility index (Phi) is 10.2. The molecule has 242 valence electrons. The highest BCUT2D eigenvalue weighted by Crippen LogP contribution is 2.37. The third-order valence-corrected chi connectivity index (χ3v) is 9.84. The molecule has 1 aromatic heterocycles. The molecule has 1 atom stereocenters. The maximum absolute atomic E-state index is 12.6. The molecule has 0 N–H and O–H groups in total. The zero-order valence-electron chi connectivity index (χ0n) is 26.5. The summed E-state index contributed by atoms with van der Waals surface area (Å²) < 4.78 is 11.7. The number of hydrogen-bond acceptors (Lipinski definition) is 8. The summed E-state index contributed by atoms with van der Waals surface area (Å²) in [4.78, 5) is 35.0. The van der Waals surface area contributed by atoms with Gasteiger partial charge < -0.3 is 29.0 Å². The van der Waals surface area contributed by atoms with Crippen molar-refractivity contribution in [1.82, 2.24) is 19.8 Å². The van der Waals surface area contributed by atoms with Crippen LogP contribution in [0.15, 0.2) is 49.1 Å². The van der Waals surface area contributed by atoms with Crippen LogP contribution in [0, 0.1) is 6.57 Å². The first-order valence-corrected chi connectivity index (χ1v) is 16.6. The molecule has 3 aromatic rings. The van der Waals surface area contributed by atoms with Crippen LogP contribution in [0.5, 0.6) is 6.01 Å². The second-order valence-corrected chi connectivity index (χ2v) is 12.6. The highest BCUT2D eigenvalue weighted by Gasteiger charge is 2.35. The second-order valence-electron chi connectivity index (χ2n) is 12.2. The van der Waals surface area contributed by atoms with Crippen molar-refractivity contribution in [2.24, 2.45) is 0 Å².